The van der Waals surface area contributed by atoms with Gasteiger partial charge in [0.05, 0.1) is 25.2 Å². The first-order valence-corrected chi connectivity index (χ1v) is 10.4. The van der Waals surface area contributed by atoms with Gasteiger partial charge in [0.2, 0.25) is 0 Å². The molecule has 1 saturated carbocycles. The van der Waals surface area contributed by atoms with E-state index in [1.54, 1.807) is 30.3 Å². The minimum atomic E-state index is -0.955. The van der Waals surface area contributed by atoms with Crippen molar-refractivity contribution in [3.63, 3.8) is 0 Å². The predicted molar refractivity (Wildman–Crippen MR) is 106 cm³/mol. The summed E-state index contributed by atoms with van der Waals surface area (Å²) in [6.45, 7) is 5.06. The van der Waals surface area contributed by atoms with Crippen LogP contribution in [0.4, 0.5) is 0 Å². The Morgan fingerprint density at radius 2 is 1.93 bits per heavy atom. The second kappa shape index (κ2) is 8.49. The molecule has 0 radical (unpaired) electrons. The molecule has 5 atom stereocenters. The molecule has 2 aliphatic heterocycles. The molecule has 0 aromatic heterocycles. The van der Waals surface area contributed by atoms with Crippen molar-refractivity contribution < 1.29 is 33.6 Å². The van der Waals surface area contributed by atoms with Gasteiger partial charge in [-0.2, -0.15) is 0 Å². The lowest BCUT2D eigenvalue weighted by Crippen LogP contribution is -2.43. The summed E-state index contributed by atoms with van der Waals surface area (Å²) in [6, 6.07) is 8.79. The van der Waals surface area contributed by atoms with Crippen LogP contribution in [0.1, 0.15) is 37.0 Å². The van der Waals surface area contributed by atoms with Gasteiger partial charge in [0.1, 0.15) is 18.3 Å². The average molecular weight is 416 g/mol. The molecule has 2 heterocycles. The Hall–Kier alpha value is -2.22. The van der Waals surface area contributed by atoms with Crippen molar-refractivity contribution >= 4 is 11.9 Å². The molecular formula is C23H28O7. The number of benzene rings is 1. The van der Waals surface area contributed by atoms with Crippen molar-refractivity contribution in [3.05, 3.63) is 48.0 Å². The molecule has 7 nitrogen and oxygen atoms in total. The van der Waals surface area contributed by atoms with E-state index < -0.39 is 24.5 Å². The molecule has 2 saturated heterocycles. The summed E-state index contributed by atoms with van der Waals surface area (Å²) in [5.74, 6) is -0.963. The Morgan fingerprint density at radius 3 is 2.63 bits per heavy atom. The van der Waals surface area contributed by atoms with E-state index in [4.69, 9.17) is 18.9 Å². The number of esters is 2. The zero-order valence-electron chi connectivity index (χ0n) is 17.2. The van der Waals surface area contributed by atoms with E-state index in [9.17, 15) is 14.7 Å². The second-order valence-corrected chi connectivity index (χ2v) is 9.05. The molecule has 0 bridgehead atoms. The quantitative estimate of drug-likeness (QED) is 0.582. The molecule has 3 aliphatic rings. The van der Waals surface area contributed by atoms with Gasteiger partial charge in [0.25, 0.3) is 0 Å². The third kappa shape index (κ3) is 4.58. The monoisotopic (exact) mass is 416 g/mol. The minimum Gasteiger partial charge on any atom is -0.462 e. The SMILES string of the molecule is CC1(C)COC([C@H](O)/C=C/[C@@H]2[C@H]3CC(=O)O[C@H]3C[C@H]2OC(=O)c2ccccc2)OC1. The first kappa shape index (κ1) is 21.0. The number of hydrogen-bond acceptors (Lipinski definition) is 7. The molecule has 4 rings (SSSR count). The number of carbonyl (C=O) groups is 2. The van der Waals surface area contributed by atoms with E-state index in [-0.39, 0.29) is 35.7 Å². The molecule has 1 aliphatic carbocycles. The van der Waals surface area contributed by atoms with Crippen LogP contribution in [0.25, 0.3) is 0 Å². The number of ether oxygens (including phenoxy) is 4. The van der Waals surface area contributed by atoms with Gasteiger partial charge >= 0.3 is 11.9 Å². The fourth-order valence-corrected chi connectivity index (χ4v) is 4.31. The molecular weight excluding hydrogens is 388 g/mol. The Labute approximate surface area is 175 Å². The van der Waals surface area contributed by atoms with Crippen LogP contribution < -0.4 is 0 Å². The van der Waals surface area contributed by atoms with Gasteiger partial charge in [0.15, 0.2) is 6.29 Å². The molecule has 3 fully saturated rings. The van der Waals surface area contributed by atoms with E-state index in [1.807, 2.05) is 26.0 Å². The Kier molecular flexibility index (Phi) is 5.95. The summed E-state index contributed by atoms with van der Waals surface area (Å²) in [5.41, 5.74) is 0.387. The summed E-state index contributed by atoms with van der Waals surface area (Å²) in [6.07, 6.45) is 1.75. The van der Waals surface area contributed by atoms with Crippen LogP contribution in [-0.2, 0) is 23.7 Å². The maximum atomic E-state index is 12.5. The van der Waals surface area contributed by atoms with Crippen LogP contribution in [0, 0.1) is 17.3 Å². The lowest BCUT2D eigenvalue weighted by Gasteiger charge is -2.35. The lowest BCUT2D eigenvalue weighted by atomic mass is 9.91. The van der Waals surface area contributed by atoms with E-state index in [1.165, 1.54) is 0 Å². The normalized spacial score (nSPS) is 32.0. The zero-order chi connectivity index (χ0) is 21.3. The number of fused-ring (bicyclic) bond motifs is 1. The van der Waals surface area contributed by atoms with E-state index in [0.29, 0.717) is 25.2 Å². The highest BCUT2D eigenvalue weighted by Crippen LogP contribution is 2.43. The smallest absolute Gasteiger partial charge is 0.338 e. The van der Waals surface area contributed by atoms with Gasteiger partial charge in [-0.15, -0.1) is 0 Å². The van der Waals surface area contributed by atoms with E-state index >= 15 is 0 Å². The third-order valence-electron chi connectivity index (χ3n) is 5.90. The van der Waals surface area contributed by atoms with Crippen molar-refractivity contribution in [1.29, 1.82) is 0 Å². The molecule has 1 aromatic carbocycles. The maximum Gasteiger partial charge on any atom is 0.338 e. The van der Waals surface area contributed by atoms with Crippen LogP contribution in [0.2, 0.25) is 0 Å². The zero-order valence-corrected chi connectivity index (χ0v) is 17.2. The van der Waals surface area contributed by atoms with Gasteiger partial charge in [0, 0.05) is 23.7 Å². The van der Waals surface area contributed by atoms with Gasteiger partial charge in [-0.05, 0) is 12.1 Å². The second-order valence-electron chi connectivity index (χ2n) is 9.05. The van der Waals surface area contributed by atoms with Crippen LogP contribution >= 0.6 is 0 Å². The number of rotatable bonds is 5. The molecule has 30 heavy (non-hydrogen) atoms. The van der Waals surface area contributed by atoms with Crippen LogP contribution in [0.15, 0.2) is 42.5 Å². The molecule has 0 spiro atoms. The van der Waals surface area contributed by atoms with Gasteiger partial charge in [-0.1, -0.05) is 44.2 Å². The Bertz CT molecular complexity index is 793. The number of aliphatic hydroxyl groups excluding tert-OH is 1. The molecule has 0 unspecified atom stereocenters. The number of aliphatic hydroxyl groups is 1. The van der Waals surface area contributed by atoms with E-state index in [2.05, 4.69) is 0 Å². The molecule has 1 aromatic rings. The fourth-order valence-electron chi connectivity index (χ4n) is 4.31. The Balaban J connectivity index is 1.44. The van der Waals surface area contributed by atoms with Crippen molar-refractivity contribution in [2.45, 2.75) is 51.3 Å². The van der Waals surface area contributed by atoms with Gasteiger partial charge < -0.3 is 24.1 Å². The molecule has 0 amide bonds. The van der Waals surface area contributed by atoms with Crippen molar-refractivity contribution in [3.8, 4) is 0 Å². The highest BCUT2D eigenvalue weighted by atomic mass is 16.7. The number of carbonyl (C=O) groups excluding carboxylic acids is 2. The highest BCUT2D eigenvalue weighted by Gasteiger charge is 2.50. The maximum absolute atomic E-state index is 12.5. The highest BCUT2D eigenvalue weighted by molar-refractivity contribution is 5.89. The number of hydrogen-bond donors (Lipinski definition) is 1. The summed E-state index contributed by atoms with van der Waals surface area (Å²) >= 11 is 0. The van der Waals surface area contributed by atoms with Gasteiger partial charge in [-0.3, -0.25) is 4.79 Å². The van der Waals surface area contributed by atoms with Crippen molar-refractivity contribution in [2.75, 3.05) is 13.2 Å². The van der Waals surface area contributed by atoms with Crippen LogP contribution in [0.5, 0.6) is 0 Å². The van der Waals surface area contributed by atoms with E-state index in [0.717, 1.165) is 0 Å². The first-order chi connectivity index (χ1) is 14.3. The molecule has 1 N–H and O–H groups in total. The summed E-state index contributed by atoms with van der Waals surface area (Å²) in [7, 11) is 0. The lowest BCUT2D eigenvalue weighted by molar-refractivity contribution is -0.248. The fraction of sp³-hybridized carbons (Fsp3) is 0.565. The summed E-state index contributed by atoms with van der Waals surface area (Å²) in [4.78, 5) is 24.3. The third-order valence-corrected chi connectivity index (χ3v) is 5.90. The minimum absolute atomic E-state index is 0.0818. The standard InChI is InChI=1S/C23H28O7/c1-23(2)12-27-22(28-13-23)17(24)9-8-15-16-10-20(25)29-19(16)11-18(15)30-21(26)14-6-4-3-5-7-14/h3-9,15-19,22,24H,10-13H2,1-2H3/b9-8+/t15-,16-,17-,18-,19+/m1/s1. The predicted octanol–water partition coefficient (Wildman–Crippen LogP) is 2.48. The van der Waals surface area contributed by atoms with Gasteiger partial charge in [-0.25, -0.2) is 4.79 Å². The topological polar surface area (TPSA) is 91.3 Å². The van der Waals surface area contributed by atoms with Crippen molar-refractivity contribution in [2.24, 2.45) is 17.3 Å². The largest absolute Gasteiger partial charge is 0.462 e. The summed E-state index contributed by atoms with van der Waals surface area (Å²) < 4.78 is 22.4. The molecule has 7 heteroatoms. The Morgan fingerprint density at radius 1 is 1.23 bits per heavy atom. The molecule has 162 valence electrons. The van der Waals surface area contributed by atoms with Crippen LogP contribution in [0.3, 0.4) is 0 Å². The summed E-state index contributed by atoms with van der Waals surface area (Å²) in [5, 5.41) is 10.5. The first-order valence-electron chi connectivity index (χ1n) is 10.4. The van der Waals surface area contributed by atoms with Crippen LogP contribution in [-0.4, -0.2) is 54.9 Å². The average Bonchev–Trinajstić information content (AvgIpc) is 3.22. The van der Waals surface area contributed by atoms with Crippen molar-refractivity contribution in [1.82, 2.24) is 0 Å².